The smallest absolute Gasteiger partial charge is 0.253 e. The molecule has 1 aromatic heterocycles. The molecule has 8 nitrogen and oxygen atoms in total. The van der Waals surface area contributed by atoms with Crippen LogP contribution in [-0.4, -0.2) is 70.0 Å². The van der Waals surface area contributed by atoms with Crippen molar-refractivity contribution in [2.24, 2.45) is 0 Å². The van der Waals surface area contributed by atoms with Gasteiger partial charge in [-0.25, -0.2) is 17.4 Å². The first-order valence-electron chi connectivity index (χ1n) is 8.85. The fourth-order valence-corrected chi connectivity index (χ4v) is 5.65. The highest BCUT2D eigenvalue weighted by Crippen LogP contribution is 2.28. The predicted octanol–water partition coefficient (Wildman–Crippen LogP) is 1.42. The number of hydrogen-bond donors (Lipinski definition) is 0. The second-order valence-electron chi connectivity index (χ2n) is 6.90. The molecule has 2 aromatic rings. The van der Waals surface area contributed by atoms with E-state index in [9.17, 15) is 13.2 Å². The molecule has 0 radical (unpaired) electrons. The van der Waals surface area contributed by atoms with Gasteiger partial charge in [-0.1, -0.05) is 22.9 Å². The van der Waals surface area contributed by atoms with E-state index in [1.165, 1.54) is 0 Å². The number of nitrogens with zero attached hydrogens (tertiary/aromatic N) is 5. The minimum Gasteiger partial charge on any atom is -0.336 e. The largest absolute Gasteiger partial charge is 0.336 e. The Labute approximate surface area is 162 Å². The van der Waals surface area contributed by atoms with Crippen LogP contribution in [0.3, 0.4) is 0 Å². The van der Waals surface area contributed by atoms with Gasteiger partial charge in [-0.2, -0.15) is 0 Å². The molecule has 27 heavy (non-hydrogen) atoms. The summed E-state index contributed by atoms with van der Waals surface area (Å²) in [5.74, 6) is -0.186. The SMILES string of the molecule is O=C(c1cccc(Cl)c1)N1CC(S(=O)(=O)N2CCC(n3ccnn3)CC2)C1. The van der Waals surface area contributed by atoms with Crippen LogP contribution in [0.5, 0.6) is 0 Å². The van der Waals surface area contributed by atoms with Gasteiger partial charge in [0.1, 0.15) is 5.25 Å². The Hall–Kier alpha value is -1.97. The van der Waals surface area contributed by atoms with E-state index >= 15 is 0 Å². The lowest BCUT2D eigenvalue weighted by Crippen LogP contribution is -2.60. The fraction of sp³-hybridized carbons (Fsp3) is 0.471. The zero-order valence-corrected chi connectivity index (χ0v) is 16.2. The summed E-state index contributed by atoms with van der Waals surface area (Å²) in [4.78, 5) is 14.0. The van der Waals surface area contributed by atoms with E-state index < -0.39 is 15.3 Å². The van der Waals surface area contributed by atoms with Gasteiger partial charge >= 0.3 is 0 Å². The zero-order valence-electron chi connectivity index (χ0n) is 14.6. The summed E-state index contributed by atoms with van der Waals surface area (Å²) in [7, 11) is -3.41. The van der Waals surface area contributed by atoms with Crippen LogP contribution in [0.1, 0.15) is 29.2 Å². The molecular weight excluding hydrogens is 390 g/mol. The number of carbonyl (C=O) groups excluding carboxylic acids is 1. The fourth-order valence-electron chi connectivity index (χ4n) is 3.58. The van der Waals surface area contributed by atoms with E-state index in [2.05, 4.69) is 10.3 Å². The number of aromatic nitrogens is 3. The lowest BCUT2D eigenvalue weighted by molar-refractivity contribution is 0.0654. The summed E-state index contributed by atoms with van der Waals surface area (Å²) in [5.41, 5.74) is 0.479. The minimum atomic E-state index is -3.41. The number of rotatable bonds is 4. The highest BCUT2D eigenvalue weighted by atomic mass is 35.5. The van der Waals surface area contributed by atoms with Gasteiger partial charge in [0.15, 0.2) is 0 Å². The van der Waals surface area contributed by atoms with Gasteiger partial charge in [-0.05, 0) is 31.0 Å². The van der Waals surface area contributed by atoms with Gasteiger partial charge in [0.25, 0.3) is 5.91 Å². The number of hydrogen-bond acceptors (Lipinski definition) is 5. The molecule has 3 heterocycles. The van der Waals surface area contributed by atoms with Crippen molar-refractivity contribution in [3.63, 3.8) is 0 Å². The Morgan fingerprint density at radius 2 is 1.93 bits per heavy atom. The first-order chi connectivity index (χ1) is 12.9. The normalized spacial score (nSPS) is 19.8. The molecule has 1 amide bonds. The van der Waals surface area contributed by atoms with E-state index in [0.717, 1.165) is 0 Å². The second-order valence-corrected chi connectivity index (χ2v) is 9.55. The molecule has 2 saturated heterocycles. The molecule has 0 unspecified atom stereocenters. The Balaban J connectivity index is 1.34. The quantitative estimate of drug-likeness (QED) is 0.762. The topological polar surface area (TPSA) is 88.4 Å². The van der Waals surface area contributed by atoms with Crippen molar-refractivity contribution in [3.8, 4) is 0 Å². The van der Waals surface area contributed by atoms with Gasteiger partial charge in [0, 0.05) is 43.0 Å². The standard InChI is InChI=1S/C17H20ClN5O3S/c18-14-3-1-2-13(10-14)17(24)21-11-16(12-21)27(25,26)22-7-4-15(5-8-22)23-9-6-19-20-23/h1-3,6,9-10,15-16H,4-5,7-8,11-12H2. The van der Waals surface area contributed by atoms with Gasteiger partial charge < -0.3 is 4.90 Å². The predicted molar refractivity (Wildman–Crippen MR) is 99.9 cm³/mol. The monoisotopic (exact) mass is 409 g/mol. The van der Waals surface area contributed by atoms with Crippen LogP contribution < -0.4 is 0 Å². The first-order valence-corrected chi connectivity index (χ1v) is 10.7. The molecule has 2 fully saturated rings. The lowest BCUT2D eigenvalue weighted by atomic mass is 10.1. The molecule has 0 N–H and O–H groups in total. The van der Waals surface area contributed by atoms with Crippen LogP contribution in [0, 0.1) is 0 Å². The van der Waals surface area contributed by atoms with E-state index in [4.69, 9.17) is 11.6 Å². The summed E-state index contributed by atoms with van der Waals surface area (Å²) < 4.78 is 29.0. The third-order valence-corrected chi connectivity index (χ3v) is 7.69. The van der Waals surface area contributed by atoms with E-state index in [0.29, 0.717) is 36.5 Å². The molecule has 0 atom stereocenters. The highest BCUT2D eigenvalue weighted by Gasteiger charge is 2.43. The maximum atomic E-state index is 12.9. The first kappa shape index (κ1) is 18.4. The van der Waals surface area contributed by atoms with Crippen molar-refractivity contribution in [1.82, 2.24) is 24.2 Å². The molecule has 0 saturated carbocycles. The number of sulfonamides is 1. The minimum absolute atomic E-state index is 0.182. The van der Waals surface area contributed by atoms with Crippen molar-refractivity contribution in [3.05, 3.63) is 47.2 Å². The molecule has 0 bridgehead atoms. The maximum Gasteiger partial charge on any atom is 0.253 e. The molecule has 4 rings (SSSR count). The van der Waals surface area contributed by atoms with Crippen molar-refractivity contribution in [2.45, 2.75) is 24.1 Å². The number of piperidine rings is 1. The number of likely N-dealkylation sites (tertiary alicyclic amines) is 1. The molecular formula is C17H20ClN5O3S. The zero-order chi connectivity index (χ0) is 19.0. The summed E-state index contributed by atoms with van der Waals surface area (Å²) in [6, 6.07) is 6.88. The average molecular weight is 410 g/mol. The molecule has 0 aliphatic carbocycles. The number of carbonyl (C=O) groups is 1. The molecule has 144 valence electrons. The Morgan fingerprint density at radius 1 is 1.19 bits per heavy atom. The van der Waals surface area contributed by atoms with Crippen LogP contribution in [0.15, 0.2) is 36.7 Å². The van der Waals surface area contributed by atoms with Gasteiger partial charge in [0.2, 0.25) is 10.0 Å². The molecule has 2 aliphatic rings. The Bertz CT molecular complexity index is 920. The third-order valence-electron chi connectivity index (χ3n) is 5.23. The molecule has 10 heteroatoms. The van der Waals surface area contributed by atoms with Crippen molar-refractivity contribution in [1.29, 1.82) is 0 Å². The van der Waals surface area contributed by atoms with Crippen LogP contribution >= 0.6 is 11.6 Å². The molecule has 0 spiro atoms. The van der Waals surface area contributed by atoms with Crippen molar-refractivity contribution >= 4 is 27.5 Å². The van der Waals surface area contributed by atoms with Gasteiger partial charge in [-0.3, -0.25) is 4.79 Å². The van der Waals surface area contributed by atoms with Crippen molar-refractivity contribution in [2.75, 3.05) is 26.2 Å². The highest BCUT2D eigenvalue weighted by molar-refractivity contribution is 7.89. The van der Waals surface area contributed by atoms with Crippen LogP contribution in [0.25, 0.3) is 0 Å². The van der Waals surface area contributed by atoms with Crippen LogP contribution in [0.4, 0.5) is 0 Å². The summed E-state index contributed by atoms with van der Waals surface area (Å²) >= 11 is 5.92. The lowest BCUT2D eigenvalue weighted by Gasteiger charge is -2.42. The summed E-state index contributed by atoms with van der Waals surface area (Å²) in [6.45, 7) is 1.37. The summed E-state index contributed by atoms with van der Waals surface area (Å²) in [6.07, 6.45) is 4.85. The van der Waals surface area contributed by atoms with E-state index in [1.54, 1.807) is 50.5 Å². The van der Waals surface area contributed by atoms with Crippen LogP contribution in [0.2, 0.25) is 5.02 Å². The Morgan fingerprint density at radius 3 is 2.56 bits per heavy atom. The van der Waals surface area contributed by atoms with Crippen LogP contribution in [-0.2, 0) is 10.0 Å². The van der Waals surface area contributed by atoms with Gasteiger partial charge in [-0.15, -0.1) is 5.10 Å². The number of amides is 1. The van der Waals surface area contributed by atoms with Crippen molar-refractivity contribution < 1.29 is 13.2 Å². The summed E-state index contributed by atoms with van der Waals surface area (Å²) in [5, 5.41) is 7.75. The second kappa shape index (κ2) is 7.21. The number of benzene rings is 1. The average Bonchev–Trinajstić information content (AvgIpc) is 3.15. The van der Waals surface area contributed by atoms with Gasteiger partial charge in [0.05, 0.1) is 12.2 Å². The molecule has 2 aliphatic heterocycles. The Kier molecular flexibility index (Phi) is 4.92. The van der Waals surface area contributed by atoms with E-state index in [-0.39, 0.29) is 25.0 Å². The molecule has 1 aromatic carbocycles. The maximum absolute atomic E-state index is 12.9. The number of halogens is 1. The van der Waals surface area contributed by atoms with E-state index in [1.807, 2.05) is 0 Å². The third kappa shape index (κ3) is 3.59.